The van der Waals surface area contributed by atoms with Crippen molar-refractivity contribution in [2.45, 2.75) is 49.6 Å². The zero-order chi connectivity index (χ0) is 17.0. The molecule has 1 saturated heterocycles. The molecule has 9 heteroatoms. The van der Waals surface area contributed by atoms with Crippen LogP contribution in [0.3, 0.4) is 0 Å². The summed E-state index contributed by atoms with van der Waals surface area (Å²) in [5.41, 5.74) is 0. The molecule has 1 aromatic rings. The van der Waals surface area contributed by atoms with E-state index in [0.29, 0.717) is 16.9 Å². The minimum absolute atomic E-state index is 0.0363. The summed E-state index contributed by atoms with van der Waals surface area (Å²) in [5, 5.41) is 10.2. The third-order valence-electron chi connectivity index (χ3n) is 4.09. The quantitative estimate of drug-likeness (QED) is 0.737. The van der Waals surface area contributed by atoms with Crippen molar-refractivity contribution in [2.24, 2.45) is 0 Å². The van der Waals surface area contributed by atoms with Crippen LogP contribution in [-0.4, -0.2) is 50.2 Å². The molecule has 1 aliphatic rings. The lowest BCUT2D eigenvalue weighted by atomic mass is 9.99. The van der Waals surface area contributed by atoms with Gasteiger partial charge in [-0.05, 0) is 31.9 Å². The number of hydrogen-bond donors (Lipinski definition) is 2. The van der Waals surface area contributed by atoms with E-state index in [1.54, 1.807) is 0 Å². The van der Waals surface area contributed by atoms with Gasteiger partial charge in [0.05, 0.1) is 10.4 Å². The van der Waals surface area contributed by atoms with Crippen LogP contribution >= 0.6 is 34.5 Å². The number of hydrogen-bond acceptors (Lipinski definition) is 5. The molecule has 2 atom stereocenters. The fourth-order valence-electron chi connectivity index (χ4n) is 2.89. The van der Waals surface area contributed by atoms with Gasteiger partial charge in [-0.1, -0.05) is 36.5 Å². The van der Waals surface area contributed by atoms with Crippen molar-refractivity contribution in [1.29, 1.82) is 0 Å². The van der Waals surface area contributed by atoms with Gasteiger partial charge in [0.15, 0.2) is 0 Å². The zero-order valence-electron chi connectivity index (χ0n) is 13.0. The van der Waals surface area contributed by atoms with Gasteiger partial charge in [0.2, 0.25) is 10.0 Å². The molecule has 5 nitrogen and oxygen atoms in total. The Hall–Kier alpha value is 0.110. The first-order chi connectivity index (χ1) is 10.8. The molecule has 132 valence electrons. The Morgan fingerprint density at radius 2 is 2.22 bits per heavy atom. The van der Waals surface area contributed by atoms with Crippen LogP contribution in [0.15, 0.2) is 11.0 Å². The van der Waals surface area contributed by atoms with E-state index < -0.39 is 16.1 Å². The summed E-state index contributed by atoms with van der Waals surface area (Å²) < 4.78 is 27.3. The highest BCUT2D eigenvalue weighted by Gasteiger charge is 2.25. The first kappa shape index (κ1) is 19.4. The van der Waals surface area contributed by atoms with E-state index >= 15 is 0 Å². The summed E-state index contributed by atoms with van der Waals surface area (Å²) in [7, 11) is -3.76. The molecule has 0 saturated carbocycles. The molecule has 2 rings (SSSR count). The van der Waals surface area contributed by atoms with Gasteiger partial charge >= 0.3 is 0 Å². The molecule has 0 amide bonds. The van der Waals surface area contributed by atoms with Crippen LogP contribution in [0.5, 0.6) is 0 Å². The van der Waals surface area contributed by atoms with E-state index in [0.717, 1.165) is 37.1 Å². The van der Waals surface area contributed by atoms with E-state index in [1.165, 1.54) is 12.5 Å². The number of nitrogens with zero attached hydrogens (tertiary/aromatic N) is 1. The summed E-state index contributed by atoms with van der Waals surface area (Å²) >= 11 is 12.7. The van der Waals surface area contributed by atoms with Gasteiger partial charge in [0.25, 0.3) is 0 Å². The number of nitrogens with one attached hydrogen (secondary N) is 1. The number of halogens is 2. The van der Waals surface area contributed by atoms with Crippen LogP contribution in [0.25, 0.3) is 0 Å². The molecule has 0 radical (unpaired) electrons. The molecule has 0 aromatic carbocycles. The summed E-state index contributed by atoms with van der Waals surface area (Å²) in [6, 6.07) is 1.79. The average molecular weight is 401 g/mol. The number of rotatable bonds is 7. The Morgan fingerprint density at radius 1 is 1.48 bits per heavy atom. The number of aliphatic hydroxyl groups excluding tert-OH is 1. The van der Waals surface area contributed by atoms with Crippen molar-refractivity contribution in [1.82, 2.24) is 9.62 Å². The van der Waals surface area contributed by atoms with Gasteiger partial charge in [0, 0.05) is 19.1 Å². The molecule has 1 fully saturated rings. The monoisotopic (exact) mass is 400 g/mol. The highest BCUT2D eigenvalue weighted by molar-refractivity contribution is 7.89. The van der Waals surface area contributed by atoms with Crippen molar-refractivity contribution in [3.05, 3.63) is 14.7 Å². The largest absolute Gasteiger partial charge is 0.390 e. The van der Waals surface area contributed by atoms with E-state index in [-0.39, 0.29) is 15.8 Å². The van der Waals surface area contributed by atoms with Gasteiger partial charge < -0.3 is 5.11 Å². The minimum atomic E-state index is -3.76. The number of thiophene rings is 1. The predicted octanol–water partition coefficient (Wildman–Crippen LogP) is 2.96. The van der Waals surface area contributed by atoms with E-state index in [2.05, 4.69) is 16.5 Å². The Kier molecular flexibility index (Phi) is 7.16. The van der Waals surface area contributed by atoms with E-state index in [4.69, 9.17) is 23.2 Å². The van der Waals surface area contributed by atoms with Crippen LogP contribution in [0.4, 0.5) is 0 Å². The molecule has 0 aliphatic carbocycles. The van der Waals surface area contributed by atoms with Gasteiger partial charge in [-0.2, -0.15) is 0 Å². The Labute approximate surface area is 151 Å². The topological polar surface area (TPSA) is 69.6 Å². The summed E-state index contributed by atoms with van der Waals surface area (Å²) in [4.78, 5) is 2.21. The molecule has 0 bridgehead atoms. The number of sulfonamides is 1. The summed E-state index contributed by atoms with van der Waals surface area (Å²) in [6.07, 6.45) is 3.76. The van der Waals surface area contributed by atoms with Crippen LogP contribution < -0.4 is 4.72 Å². The molecule has 0 spiro atoms. The van der Waals surface area contributed by atoms with Gasteiger partial charge in [-0.25, -0.2) is 13.1 Å². The highest BCUT2D eigenvalue weighted by atomic mass is 35.5. The summed E-state index contributed by atoms with van der Waals surface area (Å²) in [6.45, 7) is 3.52. The number of aliphatic hydroxyl groups is 1. The smallest absolute Gasteiger partial charge is 0.243 e. The first-order valence-electron chi connectivity index (χ1n) is 7.70. The third-order valence-corrected chi connectivity index (χ3v) is 7.27. The average Bonchev–Trinajstić information content (AvgIpc) is 2.85. The van der Waals surface area contributed by atoms with Crippen molar-refractivity contribution in [3.8, 4) is 0 Å². The Morgan fingerprint density at radius 3 is 2.83 bits per heavy atom. The normalized spacial score (nSPS) is 21.5. The van der Waals surface area contributed by atoms with Gasteiger partial charge in [-0.15, -0.1) is 11.3 Å². The molecular formula is C14H22Cl2N2O3S2. The predicted molar refractivity (Wildman–Crippen MR) is 95.0 cm³/mol. The number of piperidine rings is 1. The van der Waals surface area contributed by atoms with Crippen molar-refractivity contribution >= 4 is 44.6 Å². The van der Waals surface area contributed by atoms with Crippen LogP contribution in [0.1, 0.15) is 32.6 Å². The van der Waals surface area contributed by atoms with Crippen molar-refractivity contribution < 1.29 is 13.5 Å². The molecule has 2 N–H and O–H groups in total. The Bertz CT molecular complexity index is 622. The maximum Gasteiger partial charge on any atom is 0.243 e. The molecular weight excluding hydrogens is 379 g/mol. The van der Waals surface area contributed by atoms with Crippen LogP contribution in [0.2, 0.25) is 8.67 Å². The molecule has 2 heterocycles. The molecule has 1 aliphatic heterocycles. The second-order valence-corrected chi connectivity index (χ2v) is 9.77. The lowest BCUT2D eigenvalue weighted by molar-refractivity contribution is 0.0683. The van der Waals surface area contributed by atoms with E-state index in [1.807, 2.05) is 0 Å². The molecule has 0 unspecified atom stereocenters. The van der Waals surface area contributed by atoms with Crippen molar-refractivity contribution in [3.63, 3.8) is 0 Å². The van der Waals surface area contributed by atoms with Gasteiger partial charge in [0.1, 0.15) is 9.23 Å². The standard InChI is InChI=1S/C14H22Cl2N2O3S2/c1-2-10-5-3-4-6-18(10)9-11(19)8-17-23(20,21)12-7-13(15)22-14(12)16/h7,10-11,17,19H,2-6,8-9H2,1H3/t10-,11+/m0/s1. The fourth-order valence-corrected chi connectivity index (χ4v) is 6.11. The second kappa shape index (κ2) is 8.47. The molecule has 23 heavy (non-hydrogen) atoms. The molecule has 1 aromatic heterocycles. The lowest BCUT2D eigenvalue weighted by Gasteiger charge is -2.36. The maximum absolute atomic E-state index is 12.2. The Balaban J connectivity index is 1.90. The van der Waals surface area contributed by atoms with Crippen LogP contribution in [0, 0.1) is 0 Å². The SMILES string of the molecule is CC[C@H]1CCCCN1C[C@H](O)CNS(=O)(=O)c1cc(Cl)sc1Cl. The maximum atomic E-state index is 12.2. The number of likely N-dealkylation sites (tertiary alicyclic amines) is 1. The highest BCUT2D eigenvalue weighted by Crippen LogP contribution is 2.34. The zero-order valence-corrected chi connectivity index (χ0v) is 16.1. The fraction of sp³-hybridized carbons (Fsp3) is 0.714. The van der Waals surface area contributed by atoms with Crippen LogP contribution in [-0.2, 0) is 10.0 Å². The van der Waals surface area contributed by atoms with Gasteiger partial charge in [-0.3, -0.25) is 4.90 Å². The number of β-amino-alcohol motifs (C(OH)–C–C–N with tert-alkyl or cyclic N) is 1. The lowest BCUT2D eigenvalue weighted by Crippen LogP contribution is -2.46. The third kappa shape index (κ3) is 5.29. The van der Waals surface area contributed by atoms with Crippen molar-refractivity contribution in [2.75, 3.05) is 19.6 Å². The second-order valence-electron chi connectivity index (χ2n) is 5.75. The summed E-state index contributed by atoms with van der Waals surface area (Å²) in [5.74, 6) is 0. The van der Waals surface area contributed by atoms with E-state index in [9.17, 15) is 13.5 Å². The first-order valence-corrected chi connectivity index (χ1v) is 10.8. The minimum Gasteiger partial charge on any atom is -0.390 e.